The van der Waals surface area contributed by atoms with Crippen LogP contribution in [0, 0.1) is 23.0 Å². The van der Waals surface area contributed by atoms with Crippen LogP contribution in [0.25, 0.3) is 10.9 Å². The molecule has 1 aromatic carbocycles. The largest absolute Gasteiger partial charge is 0.463 e. The highest BCUT2D eigenvalue weighted by Gasteiger charge is 2.43. The van der Waals surface area contributed by atoms with Crippen molar-refractivity contribution in [3.05, 3.63) is 23.8 Å². The predicted molar refractivity (Wildman–Crippen MR) is 94.3 cm³/mol. The first kappa shape index (κ1) is 17.4. The summed E-state index contributed by atoms with van der Waals surface area (Å²) in [6, 6.07) is 2.20. The maximum atomic E-state index is 14.4. The van der Waals surface area contributed by atoms with Gasteiger partial charge in [-0.3, -0.25) is 0 Å². The summed E-state index contributed by atoms with van der Waals surface area (Å²) < 4.78 is 33.9. The summed E-state index contributed by atoms with van der Waals surface area (Å²) in [4.78, 5) is 10.7. The third-order valence-electron chi connectivity index (χ3n) is 5.43. The van der Waals surface area contributed by atoms with E-state index in [-0.39, 0.29) is 23.5 Å². The van der Waals surface area contributed by atoms with Crippen molar-refractivity contribution in [2.24, 2.45) is 11.3 Å². The summed E-state index contributed by atoms with van der Waals surface area (Å²) >= 11 is 0. The van der Waals surface area contributed by atoms with E-state index in [0.29, 0.717) is 23.7 Å². The van der Waals surface area contributed by atoms with E-state index in [1.807, 2.05) is 0 Å². The summed E-state index contributed by atoms with van der Waals surface area (Å²) in [5.74, 6) is -0.359. The van der Waals surface area contributed by atoms with E-state index < -0.39 is 11.6 Å². The van der Waals surface area contributed by atoms with Gasteiger partial charge in [-0.1, -0.05) is 6.92 Å². The Morgan fingerprint density at radius 3 is 2.81 bits per heavy atom. The molecular weight excluding hydrogens is 340 g/mol. The van der Waals surface area contributed by atoms with Crippen LogP contribution < -0.4 is 9.64 Å². The molecule has 1 aliphatic carbocycles. The number of benzene rings is 1. The van der Waals surface area contributed by atoms with Crippen LogP contribution in [0.4, 0.5) is 14.6 Å². The second-order valence-electron chi connectivity index (χ2n) is 7.75. The van der Waals surface area contributed by atoms with Crippen molar-refractivity contribution < 1.29 is 18.6 Å². The zero-order valence-corrected chi connectivity index (χ0v) is 14.8. The fourth-order valence-corrected chi connectivity index (χ4v) is 3.55. The number of halogens is 2. The Kier molecular flexibility index (Phi) is 4.42. The Labute approximate surface area is 151 Å². The minimum atomic E-state index is -0.721. The minimum Gasteiger partial charge on any atom is -0.463 e. The summed E-state index contributed by atoms with van der Waals surface area (Å²) in [6.07, 6.45) is 3.93. The van der Waals surface area contributed by atoms with Gasteiger partial charge in [-0.25, -0.2) is 8.78 Å². The van der Waals surface area contributed by atoms with Gasteiger partial charge >= 0.3 is 6.01 Å². The number of ether oxygens (including phenoxy) is 1. The molecule has 2 heterocycles. The molecule has 0 bridgehead atoms. The lowest BCUT2D eigenvalue weighted by atomic mass is 10.00. The van der Waals surface area contributed by atoms with Gasteiger partial charge in [-0.05, 0) is 37.7 Å². The van der Waals surface area contributed by atoms with Gasteiger partial charge in [0.2, 0.25) is 0 Å². The van der Waals surface area contributed by atoms with E-state index in [9.17, 15) is 13.9 Å². The lowest BCUT2D eigenvalue weighted by molar-refractivity contribution is 0.140. The Hall–Kier alpha value is -2.02. The van der Waals surface area contributed by atoms with Crippen molar-refractivity contribution in [2.75, 3.05) is 31.2 Å². The standard InChI is InChI=1S/C19H23F2N3O2/c1-12-3-2-6-24(9-12)17-14-7-13(20)8-15(21)16(14)22-18(23-17)26-11-19(10-25)4-5-19/h7-8,12,25H,2-6,9-11H2,1H3. The molecular formula is C19H23F2N3O2. The zero-order chi connectivity index (χ0) is 18.3. The molecule has 7 heteroatoms. The summed E-state index contributed by atoms with van der Waals surface area (Å²) in [5.41, 5.74) is -0.155. The van der Waals surface area contributed by atoms with Crippen molar-refractivity contribution in [2.45, 2.75) is 32.6 Å². The number of rotatable bonds is 5. The van der Waals surface area contributed by atoms with E-state index in [2.05, 4.69) is 21.8 Å². The molecule has 1 saturated carbocycles. The van der Waals surface area contributed by atoms with Gasteiger partial charge in [-0.15, -0.1) is 0 Å². The summed E-state index contributed by atoms with van der Waals surface area (Å²) in [7, 11) is 0. The van der Waals surface area contributed by atoms with Crippen LogP contribution in [0.5, 0.6) is 6.01 Å². The van der Waals surface area contributed by atoms with E-state index >= 15 is 0 Å². The predicted octanol–water partition coefficient (Wildman–Crippen LogP) is 3.30. The maximum absolute atomic E-state index is 14.4. The van der Waals surface area contributed by atoms with Crippen LogP contribution in [0.3, 0.4) is 0 Å². The SMILES string of the molecule is CC1CCCN(c2nc(OCC3(CO)CC3)nc3c(F)cc(F)cc23)C1. The van der Waals surface area contributed by atoms with E-state index in [1.54, 1.807) is 0 Å². The molecule has 0 spiro atoms. The normalized spacial score (nSPS) is 21.8. The van der Waals surface area contributed by atoms with Crippen molar-refractivity contribution in [3.8, 4) is 6.01 Å². The molecule has 2 aromatic rings. The quantitative estimate of drug-likeness (QED) is 0.883. The summed E-state index contributed by atoms with van der Waals surface area (Å²) in [5, 5.41) is 9.81. The first-order valence-corrected chi connectivity index (χ1v) is 9.15. The lowest BCUT2D eigenvalue weighted by Gasteiger charge is -2.32. The van der Waals surface area contributed by atoms with E-state index in [4.69, 9.17) is 4.74 Å². The number of hydrogen-bond acceptors (Lipinski definition) is 5. The molecule has 2 aliphatic rings. The molecule has 2 fully saturated rings. The molecule has 26 heavy (non-hydrogen) atoms. The molecule has 1 unspecified atom stereocenters. The molecule has 140 valence electrons. The van der Waals surface area contributed by atoms with Gasteiger partial charge < -0.3 is 14.7 Å². The van der Waals surface area contributed by atoms with Crippen molar-refractivity contribution >= 4 is 16.7 Å². The fraction of sp³-hybridized carbons (Fsp3) is 0.579. The number of piperidine rings is 1. The summed E-state index contributed by atoms with van der Waals surface area (Å²) in [6.45, 7) is 4.08. The Morgan fingerprint density at radius 1 is 1.31 bits per heavy atom. The number of hydrogen-bond donors (Lipinski definition) is 1. The Balaban J connectivity index is 1.73. The molecule has 1 aliphatic heterocycles. The van der Waals surface area contributed by atoms with Gasteiger partial charge in [0.1, 0.15) is 17.2 Å². The first-order valence-electron chi connectivity index (χ1n) is 9.15. The van der Waals surface area contributed by atoms with Gasteiger partial charge in [0.25, 0.3) is 0 Å². The molecule has 4 rings (SSSR count). The fourth-order valence-electron chi connectivity index (χ4n) is 3.55. The highest BCUT2D eigenvalue weighted by Crippen LogP contribution is 2.45. The second-order valence-corrected chi connectivity index (χ2v) is 7.75. The number of aliphatic hydroxyl groups is 1. The second kappa shape index (κ2) is 6.61. The first-order chi connectivity index (χ1) is 12.5. The van der Waals surface area contributed by atoms with Gasteiger partial charge in [-0.2, -0.15) is 9.97 Å². The van der Waals surface area contributed by atoms with Crippen LogP contribution in [0.15, 0.2) is 12.1 Å². The Bertz CT molecular complexity index is 826. The molecule has 1 aromatic heterocycles. The van der Waals surface area contributed by atoms with Gasteiger partial charge in [0.15, 0.2) is 5.82 Å². The number of nitrogens with zero attached hydrogens (tertiary/aromatic N) is 3. The number of aromatic nitrogens is 2. The smallest absolute Gasteiger partial charge is 0.319 e. The molecule has 0 amide bonds. The van der Waals surface area contributed by atoms with Crippen LogP contribution in [-0.2, 0) is 0 Å². The monoisotopic (exact) mass is 363 g/mol. The molecule has 1 saturated heterocycles. The molecule has 1 atom stereocenters. The average molecular weight is 363 g/mol. The zero-order valence-electron chi connectivity index (χ0n) is 14.8. The lowest BCUT2D eigenvalue weighted by Crippen LogP contribution is -2.35. The third kappa shape index (κ3) is 3.32. The topological polar surface area (TPSA) is 58.5 Å². The molecule has 1 N–H and O–H groups in total. The van der Waals surface area contributed by atoms with Crippen molar-refractivity contribution in [3.63, 3.8) is 0 Å². The van der Waals surface area contributed by atoms with Crippen molar-refractivity contribution in [1.82, 2.24) is 9.97 Å². The highest BCUT2D eigenvalue weighted by atomic mass is 19.1. The number of aliphatic hydroxyl groups excluding tert-OH is 1. The third-order valence-corrected chi connectivity index (χ3v) is 5.43. The minimum absolute atomic E-state index is 0.0522. The van der Waals surface area contributed by atoms with E-state index in [1.165, 1.54) is 6.07 Å². The number of fused-ring (bicyclic) bond motifs is 1. The average Bonchev–Trinajstić information content (AvgIpc) is 3.40. The highest BCUT2D eigenvalue weighted by molar-refractivity contribution is 5.90. The number of anilines is 1. The van der Waals surface area contributed by atoms with Gasteiger partial charge in [0, 0.05) is 30.0 Å². The van der Waals surface area contributed by atoms with E-state index in [0.717, 1.165) is 44.8 Å². The van der Waals surface area contributed by atoms with Crippen LogP contribution >= 0.6 is 0 Å². The van der Waals surface area contributed by atoms with Crippen molar-refractivity contribution in [1.29, 1.82) is 0 Å². The van der Waals surface area contributed by atoms with Crippen LogP contribution in [0.1, 0.15) is 32.6 Å². The van der Waals surface area contributed by atoms with Crippen LogP contribution in [-0.4, -0.2) is 41.4 Å². The van der Waals surface area contributed by atoms with Gasteiger partial charge in [0.05, 0.1) is 13.2 Å². The maximum Gasteiger partial charge on any atom is 0.319 e. The molecule has 0 radical (unpaired) electrons. The molecule has 5 nitrogen and oxygen atoms in total. The Morgan fingerprint density at radius 2 is 2.12 bits per heavy atom. The van der Waals surface area contributed by atoms with Crippen LogP contribution in [0.2, 0.25) is 0 Å².